The van der Waals surface area contributed by atoms with Crippen molar-refractivity contribution in [3.05, 3.63) is 54.1 Å². The molecule has 6 heteroatoms. The number of carbonyl (C=O) groups is 1. The SMILES string of the molecule is O=C(O)c1cc(S(=O)(=O)c2ccccc2)ccc1O. The maximum Gasteiger partial charge on any atom is 0.339 e. The van der Waals surface area contributed by atoms with Gasteiger partial charge in [-0.2, -0.15) is 0 Å². The molecule has 0 spiro atoms. The lowest BCUT2D eigenvalue weighted by Gasteiger charge is -2.06. The maximum absolute atomic E-state index is 12.2. The molecule has 0 aromatic heterocycles. The summed E-state index contributed by atoms with van der Waals surface area (Å²) in [7, 11) is -3.79. The van der Waals surface area contributed by atoms with E-state index >= 15 is 0 Å². The van der Waals surface area contributed by atoms with Crippen molar-refractivity contribution in [2.45, 2.75) is 9.79 Å². The molecule has 0 heterocycles. The molecule has 2 rings (SSSR count). The van der Waals surface area contributed by atoms with Crippen molar-refractivity contribution in [2.24, 2.45) is 0 Å². The van der Waals surface area contributed by atoms with Crippen molar-refractivity contribution < 1.29 is 23.4 Å². The van der Waals surface area contributed by atoms with E-state index in [0.717, 1.165) is 12.1 Å². The Balaban J connectivity index is 2.60. The van der Waals surface area contributed by atoms with Crippen molar-refractivity contribution >= 4 is 15.8 Å². The van der Waals surface area contributed by atoms with Crippen LogP contribution in [-0.4, -0.2) is 24.6 Å². The second-order valence-electron chi connectivity index (χ2n) is 3.80. The second kappa shape index (κ2) is 4.74. The Kier molecular flexibility index (Phi) is 3.26. The van der Waals surface area contributed by atoms with E-state index in [4.69, 9.17) is 5.11 Å². The first-order chi connectivity index (χ1) is 8.93. The molecule has 0 bridgehead atoms. The van der Waals surface area contributed by atoms with E-state index in [1.807, 2.05) is 0 Å². The fourth-order valence-corrected chi connectivity index (χ4v) is 2.90. The molecule has 98 valence electrons. The Morgan fingerprint density at radius 3 is 2.16 bits per heavy atom. The third-order valence-corrected chi connectivity index (χ3v) is 4.33. The first kappa shape index (κ1) is 13.1. The molecule has 19 heavy (non-hydrogen) atoms. The number of benzene rings is 2. The normalized spacial score (nSPS) is 11.2. The number of hydrogen-bond acceptors (Lipinski definition) is 4. The lowest BCUT2D eigenvalue weighted by Crippen LogP contribution is -2.04. The highest BCUT2D eigenvalue weighted by Crippen LogP contribution is 2.25. The van der Waals surface area contributed by atoms with E-state index in [1.54, 1.807) is 18.2 Å². The monoisotopic (exact) mass is 278 g/mol. The van der Waals surface area contributed by atoms with E-state index in [2.05, 4.69) is 0 Å². The number of hydrogen-bond donors (Lipinski definition) is 2. The molecule has 0 fully saturated rings. The van der Waals surface area contributed by atoms with E-state index in [0.29, 0.717) is 0 Å². The van der Waals surface area contributed by atoms with Crippen LogP contribution in [0.5, 0.6) is 5.75 Å². The number of aromatic hydroxyl groups is 1. The van der Waals surface area contributed by atoms with Crippen LogP contribution < -0.4 is 0 Å². The molecule has 0 aliphatic rings. The van der Waals surface area contributed by atoms with Gasteiger partial charge in [0.05, 0.1) is 9.79 Å². The van der Waals surface area contributed by atoms with Gasteiger partial charge in [-0.3, -0.25) is 0 Å². The van der Waals surface area contributed by atoms with Gasteiger partial charge in [0.2, 0.25) is 9.84 Å². The fraction of sp³-hybridized carbons (Fsp3) is 0. The van der Waals surface area contributed by atoms with Crippen LogP contribution in [0.4, 0.5) is 0 Å². The molecule has 2 aromatic rings. The zero-order valence-corrected chi connectivity index (χ0v) is 10.5. The van der Waals surface area contributed by atoms with Crippen molar-refractivity contribution in [1.29, 1.82) is 0 Å². The molecule has 2 aromatic carbocycles. The smallest absolute Gasteiger partial charge is 0.339 e. The minimum Gasteiger partial charge on any atom is -0.507 e. The minimum atomic E-state index is -3.79. The third-order valence-electron chi connectivity index (χ3n) is 2.56. The Hall–Kier alpha value is -2.34. The van der Waals surface area contributed by atoms with Crippen LogP contribution in [-0.2, 0) is 9.84 Å². The van der Waals surface area contributed by atoms with E-state index < -0.39 is 27.1 Å². The summed E-state index contributed by atoms with van der Waals surface area (Å²) in [4.78, 5) is 10.8. The summed E-state index contributed by atoms with van der Waals surface area (Å²) < 4.78 is 24.5. The Labute approximate surface area is 109 Å². The number of sulfone groups is 1. The fourth-order valence-electron chi connectivity index (χ4n) is 1.59. The van der Waals surface area contributed by atoms with Gasteiger partial charge >= 0.3 is 5.97 Å². The predicted octanol–water partition coefficient (Wildman–Crippen LogP) is 1.92. The van der Waals surface area contributed by atoms with Gasteiger partial charge in [0, 0.05) is 0 Å². The highest BCUT2D eigenvalue weighted by molar-refractivity contribution is 7.91. The standard InChI is InChI=1S/C13H10O5S/c14-12-7-6-10(8-11(12)13(15)16)19(17,18)9-4-2-1-3-5-9/h1-8,14H,(H,15,16). The topological polar surface area (TPSA) is 91.7 Å². The van der Waals surface area contributed by atoms with Gasteiger partial charge in [0.15, 0.2) is 0 Å². The zero-order chi connectivity index (χ0) is 14.0. The molecule has 0 saturated carbocycles. The van der Waals surface area contributed by atoms with Crippen LogP contribution in [0.15, 0.2) is 58.3 Å². The number of aromatic carboxylic acids is 1. The van der Waals surface area contributed by atoms with Gasteiger partial charge in [-0.25, -0.2) is 13.2 Å². The number of carboxylic acid groups (broad SMARTS) is 1. The van der Waals surface area contributed by atoms with Crippen molar-refractivity contribution in [3.8, 4) is 5.75 Å². The molecule has 0 saturated heterocycles. The van der Waals surface area contributed by atoms with Crippen LogP contribution >= 0.6 is 0 Å². The summed E-state index contributed by atoms with van der Waals surface area (Å²) in [6.45, 7) is 0. The van der Waals surface area contributed by atoms with Gasteiger partial charge < -0.3 is 10.2 Å². The number of rotatable bonds is 3. The summed E-state index contributed by atoms with van der Waals surface area (Å²) >= 11 is 0. The molecule has 0 unspecified atom stereocenters. The number of phenols is 1. The van der Waals surface area contributed by atoms with Crippen molar-refractivity contribution in [3.63, 3.8) is 0 Å². The first-order valence-electron chi connectivity index (χ1n) is 5.29. The van der Waals surface area contributed by atoms with Crippen molar-refractivity contribution in [2.75, 3.05) is 0 Å². The molecule has 2 N–H and O–H groups in total. The molecule has 0 radical (unpaired) electrons. The lowest BCUT2D eigenvalue weighted by atomic mass is 10.2. The minimum absolute atomic E-state index is 0.0667. The summed E-state index contributed by atoms with van der Waals surface area (Å²) in [6, 6.07) is 10.8. The highest BCUT2D eigenvalue weighted by Gasteiger charge is 2.20. The lowest BCUT2D eigenvalue weighted by molar-refractivity contribution is 0.0693. The van der Waals surface area contributed by atoms with Gasteiger partial charge in [-0.05, 0) is 30.3 Å². The third kappa shape index (κ3) is 2.43. The van der Waals surface area contributed by atoms with Gasteiger partial charge in [-0.1, -0.05) is 18.2 Å². The van der Waals surface area contributed by atoms with Crippen LogP contribution in [0.3, 0.4) is 0 Å². The van der Waals surface area contributed by atoms with Gasteiger partial charge in [-0.15, -0.1) is 0 Å². The Morgan fingerprint density at radius 2 is 1.58 bits per heavy atom. The zero-order valence-electron chi connectivity index (χ0n) is 9.65. The van der Waals surface area contributed by atoms with Crippen LogP contribution in [0.2, 0.25) is 0 Å². The summed E-state index contributed by atoms with van der Waals surface area (Å²) in [6.07, 6.45) is 0. The van der Waals surface area contributed by atoms with Crippen LogP contribution in [0, 0.1) is 0 Å². The Morgan fingerprint density at radius 1 is 0.947 bits per heavy atom. The molecule has 0 aliphatic heterocycles. The van der Waals surface area contributed by atoms with E-state index in [9.17, 15) is 18.3 Å². The van der Waals surface area contributed by atoms with Crippen molar-refractivity contribution in [1.82, 2.24) is 0 Å². The average Bonchev–Trinajstić information content (AvgIpc) is 2.39. The van der Waals surface area contributed by atoms with Crippen LogP contribution in [0.1, 0.15) is 10.4 Å². The summed E-state index contributed by atoms with van der Waals surface area (Å²) in [5, 5.41) is 18.2. The second-order valence-corrected chi connectivity index (χ2v) is 5.75. The van der Waals surface area contributed by atoms with E-state index in [-0.39, 0.29) is 9.79 Å². The quantitative estimate of drug-likeness (QED) is 0.895. The number of carboxylic acids is 1. The predicted molar refractivity (Wildman–Crippen MR) is 67.0 cm³/mol. The van der Waals surface area contributed by atoms with Crippen LogP contribution in [0.25, 0.3) is 0 Å². The molecule has 0 amide bonds. The molecule has 0 atom stereocenters. The van der Waals surface area contributed by atoms with E-state index in [1.165, 1.54) is 18.2 Å². The summed E-state index contributed by atoms with van der Waals surface area (Å²) in [5.41, 5.74) is -0.447. The molecule has 5 nitrogen and oxygen atoms in total. The summed E-state index contributed by atoms with van der Waals surface area (Å²) in [5.74, 6) is -1.86. The molecular weight excluding hydrogens is 268 g/mol. The average molecular weight is 278 g/mol. The maximum atomic E-state index is 12.2. The molecular formula is C13H10O5S. The van der Waals surface area contributed by atoms with Gasteiger partial charge in [0.1, 0.15) is 11.3 Å². The van der Waals surface area contributed by atoms with Gasteiger partial charge in [0.25, 0.3) is 0 Å². The largest absolute Gasteiger partial charge is 0.507 e. The Bertz CT molecular complexity index is 720. The molecule has 0 aliphatic carbocycles. The highest BCUT2D eigenvalue weighted by atomic mass is 32.2. The first-order valence-corrected chi connectivity index (χ1v) is 6.77.